The van der Waals surface area contributed by atoms with Crippen LogP contribution in [-0.2, 0) is 0 Å². The summed E-state index contributed by atoms with van der Waals surface area (Å²) in [6.07, 6.45) is 14.6. The molecule has 9 atom stereocenters. The first-order chi connectivity index (χ1) is 14.6. The van der Waals surface area contributed by atoms with Crippen LogP contribution in [0.3, 0.4) is 0 Å². The van der Waals surface area contributed by atoms with Gasteiger partial charge in [0.15, 0.2) is 0 Å². The molecule has 30 heavy (non-hydrogen) atoms. The Morgan fingerprint density at radius 2 is 1.63 bits per heavy atom. The van der Waals surface area contributed by atoms with Crippen LogP contribution in [0.15, 0.2) is 36.2 Å². The number of hydrogen-bond acceptors (Lipinski definition) is 2. The zero-order valence-corrected chi connectivity index (χ0v) is 17.1. The van der Waals surface area contributed by atoms with E-state index in [0.29, 0.717) is 16.4 Å². The Labute approximate surface area is 175 Å². The van der Waals surface area contributed by atoms with Gasteiger partial charge in [-0.1, -0.05) is 17.7 Å². The lowest BCUT2D eigenvalue weighted by Crippen LogP contribution is -2.99. The first-order valence-corrected chi connectivity index (χ1v) is 12.2. The molecule has 0 aromatic carbocycles. The van der Waals surface area contributed by atoms with E-state index in [0.717, 1.165) is 63.7 Å². The molecule has 150 valence electrons. The SMILES string of the molecule is CC1=CC(c2cncc(C(=O)O)c2)=CC12C1C3CC4CC5C6C7CC8CC1C87C62C435. The van der Waals surface area contributed by atoms with Crippen molar-refractivity contribution in [2.24, 2.45) is 69.0 Å². The van der Waals surface area contributed by atoms with Crippen LogP contribution in [0, 0.1) is 69.0 Å². The molecule has 1 aromatic heterocycles. The molecule has 0 aliphatic heterocycles. The van der Waals surface area contributed by atoms with E-state index in [1.54, 1.807) is 18.4 Å². The van der Waals surface area contributed by atoms with Crippen LogP contribution in [0.5, 0.6) is 0 Å². The number of rotatable bonds is 2. The molecule has 9 unspecified atom stereocenters. The van der Waals surface area contributed by atoms with Gasteiger partial charge in [-0.2, -0.15) is 0 Å². The zero-order chi connectivity index (χ0) is 19.6. The second kappa shape index (κ2) is 3.65. The van der Waals surface area contributed by atoms with Crippen molar-refractivity contribution in [3.63, 3.8) is 0 Å². The number of hydrogen-bond donors (Lipinski definition) is 1. The molecule has 3 heteroatoms. The highest BCUT2D eigenvalue weighted by atomic mass is 16.4. The highest BCUT2D eigenvalue weighted by Gasteiger charge is 3.11. The molecule has 1 N–H and O–H groups in total. The Morgan fingerprint density at radius 1 is 1.00 bits per heavy atom. The summed E-state index contributed by atoms with van der Waals surface area (Å²) in [5, 5.41) is 9.48. The standard InChI is InChI=1S/C27H25NO2/c1-11-2-12(13-3-14(23(29)30)10-28-9-13)8-24(11)21-17-4-15-6-19-22-20-7-16-5-18(21)26(16,20)27(22,24)25(15,17)19/h2-3,8-10,15-22H,4-7H2,1H3,(H,29,30). The van der Waals surface area contributed by atoms with Gasteiger partial charge in [0.2, 0.25) is 0 Å². The maximum Gasteiger partial charge on any atom is 0.337 e. The molecule has 8 saturated carbocycles. The summed E-state index contributed by atoms with van der Waals surface area (Å²) in [7, 11) is 0. The smallest absolute Gasteiger partial charge is 0.337 e. The third-order valence-corrected chi connectivity index (χ3v) is 13.5. The molecule has 3 nitrogen and oxygen atoms in total. The quantitative estimate of drug-likeness (QED) is 0.792. The number of carboxylic acids is 1. The fraction of sp³-hybridized carbons (Fsp3) is 0.630. The van der Waals surface area contributed by atoms with E-state index in [1.165, 1.54) is 24.6 Å². The molecule has 0 radical (unpaired) electrons. The lowest BCUT2D eigenvalue weighted by atomic mass is 9.01. The van der Waals surface area contributed by atoms with Crippen LogP contribution in [-0.4, -0.2) is 16.1 Å². The summed E-state index contributed by atoms with van der Waals surface area (Å²) in [5.74, 6) is 7.25. The number of aromatic carboxylic acids is 1. The van der Waals surface area contributed by atoms with Gasteiger partial charge >= 0.3 is 5.97 Å². The van der Waals surface area contributed by atoms with Gasteiger partial charge in [0.1, 0.15) is 0 Å². The number of carboxylic acid groups (broad SMARTS) is 1. The number of nitrogens with zero attached hydrogens (tertiary/aromatic N) is 1. The monoisotopic (exact) mass is 395 g/mol. The minimum atomic E-state index is -0.882. The topological polar surface area (TPSA) is 50.2 Å². The van der Waals surface area contributed by atoms with Crippen LogP contribution in [0.1, 0.15) is 48.5 Å². The van der Waals surface area contributed by atoms with Gasteiger partial charge in [0.25, 0.3) is 0 Å². The van der Waals surface area contributed by atoms with Crippen LogP contribution in [0.2, 0.25) is 0 Å². The largest absolute Gasteiger partial charge is 0.478 e. The van der Waals surface area contributed by atoms with Gasteiger partial charge in [-0.15, -0.1) is 0 Å². The van der Waals surface area contributed by atoms with Crippen molar-refractivity contribution in [2.45, 2.75) is 32.6 Å². The summed E-state index contributed by atoms with van der Waals surface area (Å²) in [5.41, 5.74) is 6.54. The molecular weight excluding hydrogens is 370 g/mol. The Morgan fingerprint density at radius 3 is 2.23 bits per heavy atom. The minimum absolute atomic E-state index is 0.291. The zero-order valence-electron chi connectivity index (χ0n) is 17.1. The van der Waals surface area contributed by atoms with E-state index >= 15 is 0 Å². The van der Waals surface area contributed by atoms with Crippen LogP contribution < -0.4 is 0 Å². The Kier molecular flexibility index (Phi) is 1.83. The molecular formula is C27H25NO2. The predicted octanol–water partition coefficient (Wildman–Crippen LogP) is 4.67. The van der Waals surface area contributed by atoms with Crippen LogP contribution in [0.4, 0.5) is 0 Å². The van der Waals surface area contributed by atoms with E-state index < -0.39 is 5.97 Å². The molecule has 4 spiro atoms. The lowest BCUT2D eigenvalue weighted by molar-refractivity contribution is -0.563. The van der Waals surface area contributed by atoms with Crippen molar-refractivity contribution in [2.75, 3.05) is 0 Å². The third kappa shape index (κ3) is 0.862. The van der Waals surface area contributed by atoms with Gasteiger partial charge in [-0.3, -0.25) is 4.98 Å². The fourth-order valence-corrected chi connectivity index (χ4v) is 13.9. The third-order valence-electron chi connectivity index (χ3n) is 13.5. The first kappa shape index (κ1) is 15.0. The summed E-state index contributed by atoms with van der Waals surface area (Å²) in [4.78, 5) is 15.8. The van der Waals surface area contributed by atoms with E-state index in [-0.39, 0.29) is 0 Å². The van der Waals surface area contributed by atoms with E-state index in [2.05, 4.69) is 24.1 Å². The number of carbonyl (C=O) groups is 1. The van der Waals surface area contributed by atoms with Gasteiger partial charge in [-0.05, 0) is 108 Å². The maximum absolute atomic E-state index is 11.5. The summed E-state index contributed by atoms with van der Waals surface area (Å²) in [6.45, 7) is 2.43. The molecule has 10 rings (SSSR count). The van der Waals surface area contributed by atoms with Crippen molar-refractivity contribution in [1.82, 2.24) is 4.98 Å². The Bertz CT molecular complexity index is 1200. The molecule has 0 amide bonds. The minimum Gasteiger partial charge on any atom is -0.478 e. The predicted molar refractivity (Wildman–Crippen MR) is 109 cm³/mol. The molecule has 9 aliphatic rings. The van der Waals surface area contributed by atoms with Gasteiger partial charge in [-0.25, -0.2) is 4.79 Å². The summed E-state index contributed by atoms with van der Waals surface area (Å²) < 4.78 is 0. The second-order valence-electron chi connectivity index (χ2n) is 12.6. The average Bonchev–Trinajstić information content (AvgIpc) is 3.24. The van der Waals surface area contributed by atoms with Crippen molar-refractivity contribution in [3.05, 3.63) is 47.3 Å². The molecule has 0 saturated heterocycles. The van der Waals surface area contributed by atoms with Crippen LogP contribution in [0.25, 0.3) is 5.57 Å². The van der Waals surface area contributed by atoms with E-state index in [4.69, 9.17) is 0 Å². The van der Waals surface area contributed by atoms with Crippen LogP contribution >= 0.6 is 0 Å². The normalized spacial score (nSPS) is 64.2. The maximum atomic E-state index is 11.5. The Balaban J connectivity index is 1.24. The number of allylic oxidation sites excluding steroid dienone is 4. The van der Waals surface area contributed by atoms with Crippen molar-refractivity contribution < 1.29 is 9.90 Å². The Hall–Kier alpha value is -1.90. The van der Waals surface area contributed by atoms with Gasteiger partial charge in [0.05, 0.1) is 5.56 Å². The lowest BCUT2D eigenvalue weighted by Gasteiger charge is -3.03. The molecule has 9 aliphatic carbocycles. The van der Waals surface area contributed by atoms with Crippen molar-refractivity contribution in [3.8, 4) is 0 Å². The van der Waals surface area contributed by atoms with Crippen molar-refractivity contribution in [1.29, 1.82) is 0 Å². The van der Waals surface area contributed by atoms with E-state index in [9.17, 15) is 9.90 Å². The number of pyridine rings is 1. The molecule has 1 aromatic rings. The van der Waals surface area contributed by atoms with Crippen molar-refractivity contribution >= 4 is 11.5 Å². The fourth-order valence-electron chi connectivity index (χ4n) is 13.9. The van der Waals surface area contributed by atoms with Gasteiger partial charge < -0.3 is 5.11 Å². The summed E-state index contributed by atoms with van der Waals surface area (Å²) in [6, 6.07) is 1.84. The molecule has 8 fully saturated rings. The highest BCUT2D eigenvalue weighted by molar-refractivity contribution is 5.90. The average molecular weight is 396 g/mol. The van der Waals surface area contributed by atoms with E-state index in [1.807, 2.05) is 12.3 Å². The number of aromatic nitrogens is 1. The van der Waals surface area contributed by atoms with Gasteiger partial charge in [0, 0.05) is 23.4 Å². The molecule has 2 bridgehead atoms. The first-order valence-electron chi connectivity index (χ1n) is 12.2. The molecule has 1 heterocycles. The summed E-state index contributed by atoms with van der Waals surface area (Å²) >= 11 is 0. The highest BCUT2D eigenvalue weighted by Crippen LogP contribution is 3.15. The second-order valence-corrected chi connectivity index (χ2v) is 12.6. The number of fused-ring (bicyclic) bond motifs is 4.